The lowest BCUT2D eigenvalue weighted by Gasteiger charge is -2.07. The van der Waals surface area contributed by atoms with Crippen LogP contribution in [0.3, 0.4) is 0 Å². The largest absolute Gasteiger partial charge is 0.243 e. The van der Waals surface area contributed by atoms with Crippen LogP contribution in [0.15, 0.2) is 35.5 Å². The minimum atomic E-state index is -4.07. The molecule has 2 aromatic rings. The van der Waals surface area contributed by atoms with Crippen molar-refractivity contribution in [2.24, 2.45) is 0 Å². The summed E-state index contributed by atoms with van der Waals surface area (Å²) in [5.41, 5.74) is 1.13. The van der Waals surface area contributed by atoms with E-state index in [-0.39, 0.29) is 6.54 Å². The number of hydrogen-bond acceptors (Lipinski definition) is 4. The molecule has 0 aliphatic heterocycles. The van der Waals surface area contributed by atoms with Crippen LogP contribution in [0.4, 0.5) is 8.78 Å². The third kappa shape index (κ3) is 3.34. The van der Waals surface area contributed by atoms with Crippen molar-refractivity contribution in [2.45, 2.75) is 18.4 Å². The third-order valence-corrected chi connectivity index (χ3v) is 3.92. The molecule has 1 N–H and O–H groups in total. The van der Waals surface area contributed by atoms with Gasteiger partial charge in [0.25, 0.3) is 0 Å². The van der Waals surface area contributed by atoms with Crippen LogP contribution in [0.25, 0.3) is 0 Å². The monoisotopic (exact) mass is 299 g/mol. The van der Waals surface area contributed by atoms with Crippen molar-refractivity contribution in [3.63, 3.8) is 0 Å². The van der Waals surface area contributed by atoms with Gasteiger partial charge in [-0.05, 0) is 25.1 Å². The van der Waals surface area contributed by atoms with E-state index in [1.165, 1.54) is 6.33 Å². The van der Waals surface area contributed by atoms with E-state index in [1.54, 1.807) is 13.0 Å². The van der Waals surface area contributed by atoms with E-state index in [0.29, 0.717) is 17.5 Å². The first kappa shape index (κ1) is 14.5. The number of hydrogen-bond donors (Lipinski definition) is 1. The Morgan fingerprint density at radius 2 is 1.95 bits per heavy atom. The number of aryl methyl sites for hydroxylation is 1. The van der Waals surface area contributed by atoms with Gasteiger partial charge in [-0.25, -0.2) is 31.9 Å². The molecule has 0 aliphatic carbocycles. The van der Waals surface area contributed by atoms with Gasteiger partial charge < -0.3 is 0 Å². The zero-order valence-electron chi connectivity index (χ0n) is 10.5. The Bertz CT molecular complexity index is 735. The lowest BCUT2D eigenvalue weighted by atomic mass is 10.3. The van der Waals surface area contributed by atoms with E-state index in [4.69, 9.17) is 0 Å². The molecule has 0 radical (unpaired) electrons. The van der Waals surface area contributed by atoms with Crippen molar-refractivity contribution in [2.75, 3.05) is 0 Å². The lowest BCUT2D eigenvalue weighted by Crippen LogP contribution is -2.24. The molecule has 1 aromatic carbocycles. The van der Waals surface area contributed by atoms with Crippen molar-refractivity contribution in [3.05, 3.63) is 53.6 Å². The number of aromatic nitrogens is 2. The molecule has 8 heteroatoms. The van der Waals surface area contributed by atoms with Gasteiger partial charge in [-0.2, -0.15) is 0 Å². The molecule has 0 unspecified atom stereocenters. The van der Waals surface area contributed by atoms with Gasteiger partial charge in [-0.1, -0.05) is 0 Å². The van der Waals surface area contributed by atoms with Crippen molar-refractivity contribution in [1.29, 1.82) is 0 Å². The predicted octanol–water partition coefficient (Wildman–Crippen LogP) is 1.54. The molecule has 0 spiro atoms. The zero-order valence-corrected chi connectivity index (χ0v) is 11.3. The SMILES string of the molecule is Cc1cc(CNS(=O)(=O)c2ccc(F)cc2F)ncn1. The Morgan fingerprint density at radius 3 is 2.60 bits per heavy atom. The van der Waals surface area contributed by atoms with E-state index in [2.05, 4.69) is 14.7 Å². The fraction of sp³-hybridized carbons (Fsp3) is 0.167. The number of sulfonamides is 1. The summed E-state index contributed by atoms with van der Waals surface area (Å²) in [4.78, 5) is 7.15. The molecule has 20 heavy (non-hydrogen) atoms. The fourth-order valence-electron chi connectivity index (χ4n) is 1.55. The van der Waals surface area contributed by atoms with E-state index in [0.717, 1.165) is 12.1 Å². The van der Waals surface area contributed by atoms with E-state index < -0.39 is 26.6 Å². The summed E-state index contributed by atoms with van der Waals surface area (Å²) in [7, 11) is -4.07. The van der Waals surface area contributed by atoms with E-state index in [9.17, 15) is 17.2 Å². The topological polar surface area (TPSA) is 72.0 Å². The third-order valence-electron chi connectivity index (χ3n) is 2.49. The first-order valence-electron chi connectivity index (χ1n) is 5.61. The maximum absolute atomic E-state index is 13.5. The Kier molecular flexibility index (Phi) is 4.05. The first-order valence-corrected chi connectivity index (χ1v) is 7.09. The molecular weight excluding hydrogens is 288 g/mol. The standard InChI is InChI=1S/C12H11F2N3O2S/c1-8-4-10(16-7-15-8)6-17-20(18,19)12-3-2-9(13)5-11(12)14/h2-5,7,17H,6H2,1H3. The minimum absolute atomic E-state index is 0.109. The Hall–Kier alpha value is -1.93. The summed E-state index contributed by atoms with van der Waals surface area (Å²) in [5, 5.41) is 0. The van der Waals surface area contributed by atoms with Crippen LogP contribution in [-0.2, 0) is 16.6 Å². The van der Waals surface area contributed by atoms with Crippen LogP contribution in [-0.4, -0.2) is 18.4 Å². The summed E-state index contributed by atoms with van der Waals surface area (Å²) < 4.78 is 52.2. The molecule has 0 amide bonds. The van der Waals surface area contributed by atoms with Crippen molar-refractivity contribution < 1.29 is 17.2 Å². The summed E-state index contributed by atoms with van der Waals surface area (Å²) in [6, 6.07) is 3.87. The smallest absolute Gasteiger partial charge is 0.242 e. The number of benzene rings is 1. The van der Waals surface area contributed by atoms with Crippen LogP contribution >= 0.6 is 0 Å². The molecule has 1 heterocycles. The minimum Gasteiger partial charge on any atom is -0.242 e. The van der Waals surface area contributed by atoms with Crippen molar-refractivity contribution in [3.8, 4) is 0 Å². The molecule has 0 atom stereocenters. The summed E-state index contributed by atoms with van der Waals surface area (Å²) >= 11 is 0. The van der Waals surface area contributed by atoms with Gasteiger partial charge in [0.05, 0.1) is 12.2 Å². The second-order valence-electron chi connectivity index (χ2n) is 4.05. The molecule has 106 valence electrons. The van der Waals surface area contributed by atoms with E-state index >= 15 is 0 Å². The molecule has 0 saturated carbocycles. The van der Waals surface area contributed by atoms with Crippen LogP contribution in [0.5, 0.6) is 0 Å². The zero-order chi connectivity index (χ0) is 14.8. The summed E-state index contributed by atoms with van der Waals surface area (Å²) in [5.74, 6) is -1.98. The average molecular weight is 299 g/mol. The molecular formula is C12H11F2N3O2S. The fourth-order valence-corrected chi connectivity index (χ4v) is 2.60. The van der Waals surface area contributed by atoms with Gasteiger partial charge in [-0.3, -0.25) is 0 Å². The molecule has 1 aromatic heterocycles. The highest BCUT2D eigenvalue weighted by atomic mass is 32.2. The van der Waals surface area contributed by atoms with Crippen LogP contribution in [0.2, 0.25) is 0 Å². The first-order chi connectivity index (χ1) is 9.38. The predicted molar refractivity (Wildman–Crippen MR) is 67.2 cm³/mol. The number of nitrogens with zero attached hydrogens (tertiary/aromatic N) is 2. The average Bonchev–Trinajstić information content (AvgIpc) is 2.36. The molecule has 0 saturated heterocycles. The molecule has 0 aliphatic rings. The Balaban J connectivity index is 2.19. The van der Waals surface area contributed by atoms with Crippen LogP contribution in [0.1, 0.15) is 11.4 Å². The highest BCUT2D eigenvalue weighted by molar-refractivity contribution is 7.89. The Morgan fingerprint density at radius 1 is 1.20 bits per heavy atom. The molecule has 2 rings (SSSR count). The quantitative estimate of drug-likeness (QED) is 0.929. The van der Waals surface area contributed by atoms with Crippen LogP contribution in [0, 0.1) is 18.6 Å². The Labute approximate surface area is 114 Å². The molecule has 0 fully saturated rings. The van der Waals surface area contributed by atoms with Gasteiger partial charge in [0, 0.05) is 11.8 Å². The maximum Gasteiger partial charge on any atom is 0.243 e. The summed E-state index contributed by atoms with van der Waals surface area (Å²) in [6.45, 7) is 1.63. The lowest BCUT2D eigenvalue weighted by molar-refractivity contribution is 0.542. The molecule has 0 bridgehead atoms. The number of halogens is 2. The molecule has 5 nitrogen and oxygen atoms in total. The summed E-state index contributed by atoms with van der Waals surface area (Å²) in [6.07, 6.45) is 1.30. The van der Waals surface area contributed by atoms with Gasteiger partial charge in [0.1, 0.15) is 22.9 Å². The van der Waals surface area contributed by atoms with Gasteiger partial charge in [-0.15, -0.1) is 0 Å². The van der Waals surface area contributed by atoms with Gasteiger partial charge in [0.15, 0.2) is 0 Å². The maximum atomic E-state index is 13.5. The highest BCUT2D eigenvalue weighted by Crippen LogP contribution is 2.15. The van der Waals surface area contributed by atoms with Crippen LogP contribution < -0.4 is 4.72 Å². The van der Waals surface area contributed by atoms with Crippen molar-refractivity contribution >= 4 is 10.0 Å². The van der Waals surface area contributed by atoms with Crippen molar-refractivity contribution in [1.82, 2.24) is 14.7 Å². The second-order valence-corrected chi connectivity index (χ2v) is 5.79. The normalized spacial score (nSPS) is 11.6. The van der Waals surface area contributed by atoms with E-state index in [1.807, 2.05) is 0 Å². The highest BCUT2D eigenvalue weighted by Gasteiger charge is 2.19. The number of rotatable bonds is 4. The number of nitrogens with one attached hydrogen (secondary N) is 1. The van der Waals surface area contributed by atoms with Gasteiger partial charge in [0.2, 0.25) is 10.0 Å². The second kappa shape index (κ2) is 5.59. The van der Waals surface area contributed by atoms with Gasteiger partial charge >= 0.3 is 0 Å².